The number of hydrogen-bond acceptors (Lipinski definition) is 4. The smallest absolute Gasteiger partial charge is 0.231 e. The molecule has 0 bridgehead atoms. The highest BCUT2D eigenvalue weighted by Crippen LogP contribution is 2.34. The lowest BCUT2D eigenvalue weighted by molar-refractivity contribution is -0.131. The topological polar surface area (TPSA) is 59.6 Å². The SMILES string of the molecule is CC(NC(=O)C1(C)CCCNC1)c1ccc2c(c1)OCO2.Cl. The normalized spacial score (nSPS) is 24.3. The lowest BCUT2D eigenvalue weighted by Crippen LogP contribution is -2.49. The van der Waals surface area contributed by atoms with E-state index in [4.69, 9.17) is 9.47 Å². The lowest BCUT2D eigenvalue weighted by atomic mass is 9.81. The molecule has 1 fully saturated rings. The highest BCUT2D eigenvalue weighted by Gasteiger charge is 2.35. The summed E-state index contributed by atoms with van der Waals surface area (Å²) in [6.07, 6.45) is 1.97. The second-order valence-electron chi connectivity index (χ2n) is 6.15. The molecule has 2 aliphatic heterocycles. The number of halogens is 1. The van der Waals surface area contributed by atoms with Gasteiger partial charge in [0, 0.05) is 6.54 Å². The van der Waals surface area contributed by atoms with E-state index in [-0.39, 0.29) is 36.6 Å². The zero-order valence-electron chi connectivity index (χ0n) is 13.0. The van der Waals surface area contributed by atoms with Crippen LogP contribution in [0.25, 0.3) is 0 Å². The molecule has 1 aromatic rings. The highest BCUT2D eigenvalue weighted by molar-refractivity contribution is 5.85. The van der Waals surface area contributed by atoms with E-state index in [0.29, 0.717) is 0 Å². The maximum absolute atomic E-state index is 12.5. The summed E-state index contributed by atoms with van der Waals surface area (Å²) in [6.45, 7) is 6.03. The van der Waals surface area contributed by atoms with Crippen LogP contribution in [-0.4, -0.2) is 25.8 Å². The van der Waals surface area contributed by atoms with Crippen LogP contribution in [0.15, 0.2) is 18.2 Å². The van der Waals surface area contributed by atoms with Gasteiger partial charge in [0.1, 0.15) is 0 Å². The van der Waals surface area contributed by atoms with Crippen molar-refractivity contribution in [1.29, 1.82) is 0 Å². The average Bonchev–Trinajstić information content (AvgIpc) is 2.95. The van der Waals surface area contributed by atoms with Gasteiger partial charge in [0.25, 0.3) is 0 Å². The van der Waals surface area contributed by atoms with Crippen LogP contribution in [0.5, 0.6) is 11.5 Å². The fourth-order valence-corrected chi connectivity index (χ4v) is 2.89. The standard InChI is InChI=1S/C16H22N2O3.ClH/c1-11(12-4-5-13-14(8-12)21-10-20-13)18-15(19)16(2)6-3-7-17-9-16;/h4-5,8,11,17H,3,6-7,9-10H2,1-2H3,(H,18,19);1H. The Morgan fingerprint density at radius 1 is 1.36 bits per heavy atom. The molecule has 2 heterocycles. The lowest BCUT2D eigenvalue weighted by Gasteiger charge is -2.33. The molecule has 22 heavy (non-hydrogen) atoms. The molecule has 2 unspecified atom stereocenters. The predicted molar refractivity (Wildman–Crippen MR) is 86.6 cm³/mol. The Hall–Kier alpha value is -1.46. The van der Waals surface area contributed by atoms with Crippen molar-refractivity contribution in [2.45, 2.75) is 32.7 Å². The van der Waals surface area contributed by atoms with Crippen molar-refractivity contribution >= 4 is 18.3 Å². The van der Waals surface area contributed by atoms with Crippen LogP contribution in [-0.2, 0) is 4.79 Å². The van der Waals surface area contributed by atoms with Crippen molar-refractivity contribution in [1.82, 2.24) is 10.6 Å². The van der Waals surface area contributed by atoms with Gasteiger partial charge in [-0.15, -0.1) is 12.4 Å². The molecule has 3 rings (SSSR count). The van der Waals surface area contributed by atoms with Crippen LogP contribution < -0.4 is 20.1 Å². The van der Waals surface area contributed by atoms with Gasteiger partial charge < -0.3 is 20.1 Å². The number of carbonyl (C=O) groups excluding carboxylic acids is 1. The molecule has 2 aliphatic rings. The molecule has 1 saturated heterocycles. The Kier molecular flexibility index (Phi) is 5.19. The summed E-state index contributed by atoms with van der Waals surface area (Å²) in [5.74, 6) is 1.62. The Morgan fingerprint density at radius 3 is 2.86 bits per heavy atom. The number of amides is 1. The monoisotopic (exact) mass is 326 g/mol. The van der Waals surface area contributed by atoms with E-state index < -0.39 is 0 Å². The van der Waals surface area contributed by atoms with Gasteiger partial charge in [-0.3, -0.25) is 4.79 Å². The first kappa shape index (κ1) is 16.9. The molecule has 0 radical (unpaired) electrons. The summed E-state index contributed by atoms with van der Waals surface area (Å²) in [7, 11) is 0. The Morgan fingerprint density at radius 2 is 2.14 bits per heavy atom. The van der Waals surface area contributed by atoms with Gasteiger partial charge >= 0.3 is 0 Å². The van der Waals surface area contributed by atoms with Crippen LogP contribution in [0.3, 0.4) is 0 Å². The first-order valence-corrected chi connectivity index (χ1v) is 7.50. The summed E-state index contributed by atoms with van der Waals surface area (Å²) in [5.41, 5.74) is 0.711. The number of rotatable bonds is 3. The quantitative estimate of drug-likeness (QED) is 0.895. The summed E-state index contributed by atoms with van der Waals surface area (Å²) in [6, 6.07) is 5.75. The van der Waals surface area contributed by atoms with Crippen molar-refractivity contribution in [3.05, 3.63) is 23.8 Å². The van der Waals surface area contributed by atoms with Gasteiger partial charge in [0.15, 0.2) is 11.5 Å². The minimum absolute atomic E-state index is 0. The van der Waals surface area contributed by atoms with E-state index >= 15 is 0 Å². The van der Waals surface area contributed by atoms with Gasteiger partial charge in [-0.05, 0) is 50.9 Å². The summed E-state index contributed by atoms with van der Waals surface area (Å²) >= 11 is 0. The fraction of sp³-hybridized carbons (Fsp3) is 0.562. The number of fused-ring (bicyclic) bond motifs is 1. The first-order valence-electron chi connectivity index (χ1n) is 7.50. The second kappa shape index (κ2) is 6.75. The van der Waals surface area contributed by atoms with Gasteiger partial charge in [0.05, 0.1) is 11.5 Å². The number of benzene rings is 1. The van der Waals surface area contributed by atoms with E-state index in [2.05, 4.69) is 10.6 Å². The Bertz CT molecular complexity index is 544. The van der Waals surface area contributed by atoms with E-state index in [9.17, 15) is 4.79 Å². The molecule has 122 valence electrons. The van der Waals surface area contributed by atoms with Gasteiger partial charge in [-0.2, -0.15) is 0 Å². The zero-order valence-corrected chi connectivity index (χ0v) is 13.8. The molecular formula is C16H23ClN2O3. The second-order valence-corrected chi connectivity index (χ2v) is 6.15. The molecule has 0 aliphatic carbocycles. The van der Waals surface area contributed by atoms with Crippen molar-refractivity contribution in [2.75, 3.05) is 19.9 Å². The number of hydrogen-bond donors (Lipinski definition) is 2. The molecule has 2 atom stereocenters. The molecular weight excluding hydrogens is 304 g/mol. The minimum atomic E-state index is -0.317. The highest BCUT2D eigenvalue weighted by atomic mass is 35.5. The van der Waals surface area contributed by atoms with E-state index in [1.54, 1.807) is 0 Å². The van der Waals surface area contributed by atoms with E-state index in [1.165, 1.54) is 0 Å². The van der Waals surface area contributed by atoms with Crippen molar-refractivity contribution in [2.24, 2.45) is 5.41 Å². The number of ether oxygens (including phenoxy) is 2. The Labute approximate surface area is 137 Å². The molecule has 6 heteroatoms. The molecule has 0 spiro atoms. The van der Waals surface area contributed by atoms with Crippen LogP contribution in [0, 0.1) is 5.41 Å². The third-order valence-corrected chi connectivity index (χ3v) is 4.39. The van der Waals surface area contributed by atoms with E-state index in [1.807, 2.05) is 32.0 Å². The third kappa shape index (κ3) is 3.31. The van der Waals surface area contributed by atoms with Crippen molar-refractivity contribution in [3.8, 4) is 11.5 Å². The maximum atomic E-state index is 12.5. The Balaban J connectivity index is 0.00000176. The number of carbonyl (C=O) groups is 1. The largest absolute Gasteiger partial charge is 0.454 e. The van der Waals surface area contributed by atoms with Gasteiger partial charge in [-0.25, -0.2) is 0 Å². The number of piperidine rings is 1. The summed E-state index contributed by atoms with van der Waals surface area (Å²) < 4.78 is 10.7. The van der Waals surface area contributed by atoms with Crippen LogP contribution in [0.2, 0.25) is 0 Å². The fourth-order valence-electron chi connectivity index (χ4n) is 2.89. The molecule has 0 aromatic heterocycles. The van der Waals surface area contributed by atoms with Crippen LogP contribution in [0.4, 0.5) is 0 Å². The molecule has 0 saturated carbocycles. The maximum Gasteiger partial charge on any atom is 0.231 e. The van der Waals surface area contributed by atoms with Gasteiger partial charge in [-0.1, -0.05) is 6.07 Å². The third-order valence-electron chi connectivity index (χ3n) is 4.39. The van der Waals surface area contributed by atoms with Crippen molar-refractivity contribution < 1.29 is 14.3 Å². The predicted octanol–water partition coefficient (Wildman–Crippen LogP) is 2.40. The van der Waals surface area contributed by atoms with Gasteiger partial charge in [0.2, 0.25) is 12.7 Å². The van der Waals surface area contributed by atoms with Crippen LogP contribution >= 0.6 is 12.4 Å². The molecule has 2 N–H and O–H groups in total. The average molecular weight is 327 g/mol. The molecule has 1 amide bonds. The van der Waals surface area contributed by atoms with Crippen LogP contribution in [0.1, 0.15) is 38.3 Å². The summed E-state index contributed by atoms with van der Waals surface area (Å²) in [5, 5.41) is 6.43. The van der Waals surface area contributed by atoms with Crippen molar-refractivity contribution in [3.63, 3.8) is 0 Å². The molecule has 1 aromatic carbocycles. The first-order chi connectivity index (χ1) is 10.1. The minimum Gasteiger partial charge on any atom is -0.454 e. The zero-order chi connectivity index (χ0) is 14.9. The molecule has 5 nitrogen and oxygen atoms in total. The van der Waals surface area contributed by atoms with E-state index in [0.717, 1.165) is 43.0 Å². The summed E-state index contributed by atoms with van der Waals surface area (Å²) in [4.78, 5) is 12.5. The number of nitrogens with one attached hydrogen (secondary N) is 2.